The molecule has 2 saturated heterocycles. The average molecular weight is 1330 g/mol. The van der Waals surface area contributed by atoms with Gasteiger partial charge in [-0.15, -0.1) is 0 Å². The monoisotopic (exact) mass is 1330 g/mol. The molecule has 0 saturated carbocycles. The van der Waals surface area contributed by atoms with Gasteiger partial charge in [0, 0.05) is 39.8 Å². The van der Waals surface area contributed by atoms with Crippen LogP contribution in [0.25, 0.3) is 0 Å². The highest BCUT2D eigenvalue weighted by Gasteiger charge is 2.44. The smallest absolute Gasteiger partial charge is 0.231 e. The van der Waals surface area contributed by atoms with E-state index < -0.39 is 0 Å². The first-order valence-electron chi connectivity index (χ1n) is 36.7. The Morgan fingerprint density at radius 1 is 0.423 bits per heavy atom. The molecule has 2 fully saturated rings. The number of aryl methyl sites for hydroxylation is 1. The molecule has 0 unspecified atom stereocenters. The Morgan fingerprint density at radius 3 is 0.948 bits per heavy atom. The molecule has 2 aliphatic rings. The van der Waals surface area contributed by atoms with Crippen LogP contribution in [-0.2, 0) is 51.8 Å². The topological polar surface area (TPSA) is 142 Å². The van der Waals surface area contributed by atoms with E-state index in [9.17, 15) is 15.3 Å². The molecule has 0 bridgehead atoms. The summed E-state index contributed by atoms with van der Waals surface area (Å²) in [7, 11) is 2.28. The molecule has 7 rings (SSSR count). The molecule has 2 aliphatic heterocycles. The van der Waals surface area contributed by atoms with Crippen LogP contribution in [0.1, 0.15) is 336 Å². The van der Waals surface area contributed by atoms with Crippen LogP contribution >= 0.6 is 0 Å². The average Bonchev–Trinajstić information content (AvgIpc) is 0.768. The second-order valence-corrected chi connectivity index (χ2v) is 41.0. The predicted octanol–water partition coefficient (Wildman–Crippen LogP) is 20.4. The van der Waals surface area contributed by atoms with Crippen LogP contribution in [0, 0.1) is 33.1 Å². The van der Waals surface area contributed by atoms with Gasteiger partial charge in [-0.05, 0) is 277 Å². The van der Waals surface area contributed by atoms with Crippen molar-refractivity contribution < 1.29 is 15.3 Å². The highest BCUT2D eigenvalue weighted by atomic mass is 16.3. The van der Waals surface area contributed by atoms with Gasteiger partial charge >= 0.3 is 0 Å². The molecule has 3 heterocycles. The number of nitrogens with one attached hydrogen (secondary N) is 3. The number of phenols is 3. The number of hydrogen-bond donors (Lipinski definition) is 6. The maximum Gasteiger partial charge on any atom is 0.231 e. The molecule has 0 radical (unpaired) electrons. The molecule has 6 N–H and O–H groups in total. The van der Waals surface area contributed by atoms with Crippen LogP contribution in [0.3, 0.4) is 0 Å². The number of phenolic OH excluding ortho intramolecular Hbond substituents is 3. The Hall–Kier alpha value is -5.23. The van der Waals surface area contributed by atoms with Gasteiger partial charge in [0.25, 0.3) is 0 Å². The Balaban J connectivity index is 0.000000326. The lowest BCUT2D eigenvalue weighted by molar-refractivity contribution is 0.0757. The number of benzene rings is 4. The van der Waals surface area contributed by atoms with Crippen LogP contribution in [0.2, 0.25) is 0 Å². The van der Waals surface area contributed by atoms with Crippen molar-refractivity contribution in [3.63, 3.8) is 0 Å². The van der Waals surface area contributed by atoms with E-state index in [1.807, 2.05) is 6.92 Å². The lowest BCUT2D eigenvalue weighted by atomic mass is 9.75. The van der Waals surface area contributed by atoms with E-state index in [1.54, 1.807) is 0 Å². The fourth-order valence-electron chi connectivity index (χ4n) is 16.7. The van der Waals surface area contributed by atoms with Crippen LogP contribution in [0.4, 0.5) is 11.9 Å². The summed E-state index contributed by atoms with van der Waals surface area (Å²) < 4.78 is 0. The van der Waals surface area contributed by atoms with E-state index in [0.717, 1.165) is 103 Å². The number of piperidine rings is 2. The van der Waals surface area contributed by atoms with Gasteiger partial charge in [0.15, 0.2) is 0 Å². The molecule has 0 spiro atoms. The predicted molar refractivity (Wildman–Crippen MR) is 416 cm³/mol. The highest BCUT2D eigenvalue weighted by Crippen LogP contribution is 2.46. The minimum atomic E-state index is -0.226. The van der Waals surface area contributed by atoms with Gasteiger partial charge in [0.05, 0.1) is 6.67 Å². The van der Waals surface area contributed by atoms with Crippen LogP contribution in [-0.4, -0.2) is 88.7 Å². The van der Waals surface area contributed by atoms with Crippen molar-refractivity contribution in [3.8, 4) is 17.2 Å². The second kappa shape index (κ2) is 27.6. The molecule has 11 heteroatoms. The fourth-order valence-corrected chi connectivity index (χ4v) is 16.7. The van der Waals surface area contributed by atoms with Gasteiger partial charge in [0.1, 0.15) is 23.1 Å². The zero-order valence-corrected chi connectivity index (χ0v) is 68.6. The highest BCUT2D eigenvalue weighted by molar-refractivity contribution is 5.59. The van der Waals surface area contributed by atoms with Crippen molar-refractivity contribution in [2.75, 3.05) is 23.9 Å². The molecule has 0 aliphatic carbocycles. The molecule has 1 aromatic heterocycles. The summed E-state index contributed by atoms with van der Waals surface area (Å²) in [5, 5.41) is 46.3. The summed E-state index contributed by atoms with van der Waals surface area (Å²) >= 11 is 0. The Bertz CT molecular complexity index is 3220. The van der Waals surface area contributed by atoms with E-state index in [0.29, 0.717) is 35.3 Å². The first kappa shape index (κ1) is 80.7. The summed E-state index contributed by atoms with van der Waals surface area (Å²) in [5.41, 5.74) is 16.3. The second-order valence-electron chi connectivity index (χ2n) is 41.0. The molecule has 542 valence electrons. The van der Waals surface area contributed by atoms with Crippen molar-refractivity contribution >= 4 is 11.9 Å². The zero-order chi connectivity index (χ0) is 74.3. The van der Waals surface area contributed by atoms with Gasteiger partial charge < -0.3 is 36.2 Å². The molecule has 5 aromatic rings. The van der Waals surface area contributed by atoms with Gasteiger partial charge in [-0.25, -0.2) is 0 Å². The standard InChI is InChI=1S/C54H78O3.C32H62N8/c1-31-37(22-34-25-40(49(4,5)6)46(55)41(26-34)50(7,8)9)32(2)39(24-36-29-44(53(16,17)18)48(57)45(30-36)54(19,20)21)33(3)38(31)23-35-27-42(51(10,11)12)47(56)43(28-35)52(13,14)15;1-22-33-25(36-32(13,14)20-27(2,3)4)35-26(34-22)40(24-18-30(9,10)38-31(11,12)19-24)21-39(15)23-16-28(5,6)37-29(7,8)17-23/h25-30,55-57H,22-24H2,1-21H3;23-24,37-38H,16-21H2,1-15H3,(H,33,34,35,36). The summed E-state index contributed by atoms with van der Waals surface area (Å²) in [6, 6.07) is 14.2. The number of anilines is 2. The molecule has 0 amide bonds. The maximum absolute atomic E-state index is 11.6. The van der Waals surface area contributed by atoms with Gasteiger partial charge in [-0.3, -0.25) is 4.90 Å². The number of aromatic hydroxyl groups is 3. The summed E-state index contributed by atoms with van der Waals surface area (Å²) in [5.74, 6) is 3.42. The van der Waals surface area contributed by atoms with Crippen LogP contribution in [0.15, 0.2) is 36.4 Å². The van der Waals surface area contributed by atoms with E-state index in [4.69, 9.17) is 15.0 Å². The van der Waals surface area contributed by atoms with E-state index >= 15 is 0 Å². The van der Waals surface area contributed by atoms with Crippen molar-refractivity contribution in [2.45, 2.75) is 366 Å². The fraction of sp³-hybridized carbons (Fsp3) is 0.686. The number of nitrogens with zero attached hydrogens (tertiary/aromatic N) is 5. The lowest BCUT2D eigenvalue weighted by Crippen LogP contribution is -2.65. The van der Waals surface area contributed by atoms with Gasteiger partial charge in [-0.1, -0.05) is 182 Å². The van der Waals surface area contributed by atoms with Crippen molar-refractivity contribution in [2.24, 2.45) is 5.41 Å². The third-order valence-electron chi connectivity index (χ3n) is 20.4. The van der Waals surface area contributed by atoms with E-state index in [1.165, 1.54) is 50.1 Å². The number of hydrogen-bond acceptors (Lipinski definition) is 11. The van der Waals surface area contributed by atoms with Gasteiger partial charge in [-0.2, -0.15) is 15.0 Å². The number of aromatic nitrogens is 3. The summed E-state index contributed by atoms with van der Waals surface area (Å²) in [6.45, 7) is 78.9. The third-order valence-corrected chi connectivity index (χ3v) is 20.4. The molecule has 4 aromatic carbocycles. The first-order valence-corrected chi connectivity index (χ1v) is 36.7. The Labute approximate surface area is 592 Å². The molecular formula is C86H140N8O3. The van der Waals surface area contributed by atoms with E-state index in [-0.39, 0.29) is 65.6 Å². The minimum absolute atomic E-state index is 0.0137. The van der Waals surface area contributed by atoms with Crippen molar-refractivity contribution in [1.82, 2.24) is 30.5 Å². The van der Waals surface area contributed by atoms with Crippen molar-refractivity contribution in [3.05, 3.63) is 126 Å². The minimum Gasteiger partial charge on any atom is -0.507 e. The third kappa shape index (κ3) is 20.7. The maximum atomic E-state index is 11.6. The van der Waals surface area contributed by atoms with Crippen molar-refractivity contribution in [1.29, 1.82) is 0 Å². The molecule has 0 atom stereocenters. The largest absolute Gasteiger partial charge is 0.507 e. The zero-order valence-electron chi connectivity index (χ0n) is 68.6. The molecule has 97 heavy (non-hydrogen) atoms. The summed E-state index contributed by atoms with van der Waals surface area (Å²) in [4.78, 5) is 19.8. The SMILES string of the molecule is Cc1c(Cc2cc(C(C)(C)C)c(O)c(C(C)(C)C)c2)c(C)c(Cc2cc(C(C)(C)C)c(O)c(C(C)(C)C)c2)c(C)c1Cc1cc(C(C)(C)C)c(O)c(C(C)(C)C)c1.Cc1nc(NC(C)(C)CC(C)(C)C)nc(N(CN(C)C2CC(C)(C)NC(C)(C)C2)C2CC(C)(C)NC(C)(C)C2)n1. The Kier molecular flexibility index (Phi) is 23.0. The van der Waals surface area contributed by atoms with Crippen LogP contribution < -0.4 is 20.9 Å². The van der Waals surface area contributed by atoms with Crippen LogP contribution in [0.5, 0.6) is 17.2 Å². The normalized spacial score (nSPS) is 17.5. The molecular weight excluding hydrogens is 1190 g/mol. The lowest BCUT2D eigenvalue weighted by Gasteiger charge is -2.52. The Morgan fingerprint density at radius 2 is 0.691 bits per heavy atom. The number of rotatable bonds is 14. The van der Waals surface area contributed by atoms with Gasteiger partial charge in [0.2, 0.25) is 11.9 Å². The first-order chi connectivity index (χ1) is 43.4. The van der Waals surface area contributed by atoms with E-state index in [2.05, 4.69) is 305 Å². The quantitative estimate of drug-likeness (QED) is 0.0592. The summed E-state index contributed by atoms with van der Waals surface area (Å²) in [6.07, 6.45) is 7.50. The molecule has 11 nitrogen and oxygen atoms in total.